The molecule has 2 rings (SSSR count). The molecule has 1 atom stereocenters. The molecule has 4 heteroatoms. The quantitative estimate of drug-likeness (QED) is 0.876. The number of hydrogen-bond acceptors (Lipinski definition) is 3. The lowest BCUT2D eigenvalue weighted by molar-refractivity contribution is 0.0517. The Kier molecular flexibility index (Phi) is 6.67. The molecule has 1 aliphatic heterocycles. The van der Waals surface area contributed by atoms with E-state index in [2.05, 4.69) is 41.4 Å². The van der Waals surface area contributed by atoms with E-state index in [1.165, 1.54) is 30.4 Å². The molecule has 0 bridgehead atoms. The van der Waals surface area contributed by atoms with Gasteiger partial charge in [-0.1, -0.05) is 36.2 Å². The van der Waals surface area contributed by atoms with Gasteiger partial charge >= 0.3 is 6.09 Å². The Bertz CT molecular complexity index is 519. The van der Waals surface area contributed by atoms with Crippen molar-refractivity contribution >= 4 is 6.09 Å². The van der Waals surface area contributed by atoms with Gasteiger partial charge in [0.2, 0.25) is 0 Å². The van der Waals surface area contributed by atoms with Crippen LogP contribution in [0, 0.1) is 6.92 Å². The third kappa shape index (κ3) is 6.52. The smallest absolute Gasteiger partial charge is 0.407 e. The molecule has 134 valence electrons. The van der Waals surface area contributed by atoms with E-state index in [1.807, 2.05) is 20.8 Å². The minimum atomic E-state index is -0.438. The first kappa shape index (κ1) is 18.8. The van der Waals surface area contributed by atoms with Gasteiger partial charge in [0.05, 0.1) is 0 Å². The molecule has 0 aliphatic carbocycles. The summed E-state index contributed by atoms with van der Waals surface area (Å²) >= 11 is 0. The molecule has 1 aromatic rings. The second kappa shape index (κ2) is 8.52. The molecule has 0 radical (unpaired) electrons. The molecule has 1 amide bonds. The molecule has 0 aromatic heterocycles. The minimum absolute atomic E-state index is 0.316. The van der Waals surface area contributed by atoms with Crippen molar-refractivity contribution in [2.75, 3.05) is 13.1 Å². The summed E-state index contributed by atoms with van der Waals surface area (Å²) in [6, 6.07) is 9.34. The summed E-state index contributed by atoms with van der Waals surface area (Å²) in [5.41, 5.74) is 2.23. The van der Waals surface area contributed by atoms with Gasteiger partial charge in [-0.15, -0.1) is 0 Å². The zero-order valence-electron chi connectivity index (χ0n) is 15.6. The van der Waals surface area contributed by atoms with E-state index in [9.17, 15) is 4.79 Å². The number of nitrogens with zero attached hydrogens (tertiary/aromatic N) is 1. The van der Waals surface area contributed by atoms with Crippen LogP contribution in [0.15, 0.2) is 24.3 Å². The highest BCUT2D eigenvalue weighted by Crippen LogP contribution is 2.22. The monoisotopic (exact) mass is 332 g/mol. The van der Waals surface area contributed by atoms with E-state index in [-0.39, 0.29) is 6.09 Å². The van der Waals surface area contributed by atoms with Crippen LogP contribution < -0.4 is 5.32 Å². The third-order valence-electron chi connectivity index (χ3n) is 4.40. The van der Waals surface area contributed by atoms with Crippen LogP contribution >= 0.6 is 0 Å². The molecule has 1 saturated heterocycles. The summed E-state index contributed by atoms with van der Waals surface area (Å²) in [4.78, 5) is 14.3. The van der Waals surface area contributed by atoms with Crippen molar-refractivity contribution in [2.24, 2.45) is 0 Å². The zero-order chi connectivity index (χ0) is 17.6. The predicted octanol–water partition coefficient (Wildman–Crippen LogP) is 4.26. The van der Waals surface area contributed by atoms with Gasteiger partial charge < -0.3 is 10.1 Å². The Balaban J connectivity index is 1.81. The highest BCUT2D eigenvalue weighted by atomic mass is 16.6. The van der Waals surface area contributed by atoms with E-state index < -0.39 is 5.60 Å². The van der Waals surface area contributed by atoms with E-state index >= 15 is 0 Å². The summed E-state index contributed by atoms with van der Waals surface area (Å²) in [5, 5.41) is 2.89. The number of aryl methyl sites for hydroxylation is 1. The van der Waals surface area contributed by atoms with Crippen molar-refractivity contribution < 1.29 is 9.53 Å². The fraction of sp³-hybridized carbons (Fsp3) is 0.650. The standard InChI is InChI=1S/C20H32N2O2/c1-16-8-10-17(11-9-16)15-22-14-6-5-7-18(22)12-13-21-19(23)24-20(2,3)4/h8-11,18H,5-7,12-15H2,1-4H3,(H,21,23). The summed E-state index contributed by atoms with van der Waals surface area (Å²) in [6.07, 6.45) is 4.42. The Hall–Kier alpha value is -1.55. The third-order valence-corrected chi connectivity index (χ3v) is 4.40. The van der Waals surface area contributed by atoms with Gasteiger partial charge in [0, 0.05) is 19.1 Å². The SMILES string of the molecule is Cc1ccc(CN2CCCCC2CCNC(=O)OC(C)(C)C)cc1. The second-order valence-corrected chi connectivity index (χ2v) is 7.82. The van der Waals surface area contributed by atoms with Gasteiger partial charge in [-0.2, -0.15) is 0 Å². The first-order valence-corrected chi connectivity index (χ1v) is 9.10. The minimum Gasteiger partial charge on any atom is -0.444 e. The number of carbonyl (C=O) groups is 1. The highest BCUT2D eigenvalue weighted by molar-refractivity contribution is 5.67. The number of nitrogens with one attached hydrogen (secondary N) is 1. The number of likely N-dealkylation sites (tertiary alicyclic amines) is 1. The number of benzene rings is 1. The molecular formula is C20H32N2O2. The maximum absolute atomic E-state index is 11.8. The van der Waals surface area contributed by atoms with E-state index in [0.717, 1.165) is 19.5 Å². The van der Waals surface area contributed by atoms with Crippen LogP contribution in [0.2, 0.25) is 0 Å². The van der Waals surface area contributed by atoms with Gasteiger partial charge in [0.1, 0.15) is 5.60 Å². The molecular weight excluding hydrogens is 300 g/mol. The number of amides is 1. The van der Waals surface area contributed by atoms with Crippen molar-refractivity contribution in [3.05, 3.63) is 35.4 Å². The van der Waals surface area contributed by atoms with Crippen LogP contribution in [0.3, 0.4) is 0 Å². The van der Waals surface area contributed by atoms with E-state index in [0.29, 0.717) is 12.6 Å². The van der Waals surface area contributed by atoms with Crippen LogP contribution in [-0.4, -0.2) is 35.7 Å². The molecule has 0 spiro atoms. The molecule has 1 aromatic carbocycles. The lowest BCUT2D eigenvalue weighted by atomic mass is 9.98. The normalized spacial score (nSPS) is 19.1. The van der Waals surface area contributed by atoms with Crippen LogP contribution in [0.5, 0.6) is 0 Å². The number of carbonyl (C=O) groups excluding carboxylic acids is 1. The maximum atomic E-state index is 11.8. The fourth-order valence-corrected chi connectivity index (χ4v) is 3.18. The van der Waals surface area contributed by atoms with Crippen LogP contribution in [0.1, 0.15) is 57.6 Å². The second-order valence-electron chi connectivity index (χ2n) is 7.82. The van der Waals surface area contributed by atoms with E-state index in [4.69, 9.17) is 4.74 Å². The van der Waals surface area contributed by atoms with Crippen molar-refractivity contribution in [3.63, 3.8) is 0 Å². The van der Waals surface area contributed by atoms with Gasteiger partial charge in [0.15, 0.2) is 0 Å². The summed E-state index contributed by atoms with van der Waals surface area (Å²) < 4.78 is 5.30. The average molecular weight is 332 g/mol. The molecule has 1 aliphatic rings. The first-order chi connectivity index (χ1) is 11.3. The molecule has 1 fully saturated rings. The van der Waals surface area contributed by atoms with Gasteiger partial charge in [-0.3, -0.25) is 4.90 Å². The zero-order valence-corrected chi connectivity index (χ0v) is 15.6. The Morgan fingerprint density at radius 3 is 2.62 bits per heavy atom. The van der Waals surface area contributed by atoms with Crippen molar-refractivity contribution in [3.8, 4) is 0 Å². The molecule has 24 heavy (non-hydrogen) atoms. The molecule has 1 heterocycles. The molecule has 1 unspecified atom stereocenters. The summed E-state index contributed by atoms with van der Waals surface area (Å²) in [5.74, 6) is 0. The Morgan fingerprint density at radius 2 is 1.96 bits per heavy atom. The van der Waals surface area contributed by atoms with Crippen LogP contribution in [0.25, 0.3) is 0 Å². The Morgan fingerprint density at radius 1 is 1.25 bits per heavy atom. The Labute approximate surface area is 146 Å². The average Bonchev–Trinajstić information content (AvgIpc) is 2.49. The molecule has 1 N–H and O–H groups in total. The maximum Gasteiger partial charge on any atom is 0.407 e. The fourth-order valence-electron chi connectivity index (χ4n) is 3.18. The van der Waals surface area contributed by atoms with Gasteiger partial charge in [0.25, 0.3) is 0 Å². The lowest BCUT2D eigenvalue weighted by Crippen LogP contribution is -2.41. The number of piperidine rings is 1. The molecule has 4 nitrogen and oxygen atoms in total. The molecule has 0 saturated carbocycles. The number of rotatable bonds is 5. The van der Waals surface area contributed by atoms with Crippen molar-refractivity contribution in [1.29, 1.82) is 0 Å². The predicted molar refractivity (Wildman–Crippen MR) is 98.1 cm³/mol. The van der Waals surface area contributed by atoms with E-state index in [1.54, 1.807) is 0 Å². The topological polar surface area (TPSA) is 41.6 Å². The van der Waals surface area contributed by atoms with Crippen LogP contribution in [-0.2, 0) is 11.3 Å². The van der Waals surface area contributed by atoms with Gasteiger partial charge in [-0.25, -0.2) is 4.79 Å². The number of ether oxygens (including phenoxy) is 1. The highest BCUT2D eigenvalue weighted by Gasteiger charge is 2.23. The first-order valence-electron chi connectivity index (χ1n) is 9.10. The number of alkyl carbamates (subject to hydrolysis) is 1. The lowest BCUT2D eigenvalue weighted by Gasteiger charge is -2.36. The largest absolute Gasteiger partial charge is 0.444 e. The van der Waals surface area contributed by atoms with Gasteiger partial charge in [-0.05, 0) is 59.1 Å². The van der Waals surface area contributed by atoms with Crippen LogP contribution in [0.4, 0.5) is 4.79 Å². The van der Waals surface area contributed by atoms with Crippen molar-refractivity contribution in [1.82, 2.24) is 10.2 Å². The van der Waals surface area contributed by atoms with Crippen molar-refractivity contribution in [2.45, 2.75) is 71.6 Å². The number of hydrogen-bond donors (Lipinski definition) is 1. The summed E-state index contributed by atoms with van der Waals surface area (Å²) in [7, 11) is 0. The summed E-state index contributed by atoms with van der Waals surface area (Å²) in [6.45, 7) is 10.6.